The third-order valence-electron chi connectivity index (χ3n) is 3.13. The summed E-state index contributed by atoms with van der Waals surface area (Å²) in [4.78, 5) is 30.1. The van der Waals surface area contributed by atoms with Crippen molar-refractivity contribution in [1.82, 2.24) is 5.32 Å². The van der Waals surface area contributed by atoms with Gasteiger partial charge in [0.05, 0.1) is 26.2 Å². The average molecular weight is 400 g/mol. The van der Waals surface area contributed by atoms with Crippen LogP contribution in [0.2, 0.25) is 0 Å². The molecule has 0 aliphatic heterocycles. The van der Waals surface area contributed by atoms with Crippen LogP contribution in [-0.4, -0.2) is 56.4 Å². The van der Waals surface area contributed by atoms with Gasteiger partial charge in [0, 0.05) is 7.11 Å². The second kappa shape index (κ2) is 14.3. The number of benzene rings is 1. The number of hydrogen-bond donors (Lipinski definition) is 3. The second-order valence-electron chi connectivity index (χ2n) is 6.49. The fourth-order valence-corrected chi connectivity index (χ4v) is 1.37. The largest absolute Gasteiger partial charge is 0.493 e. The van der Waals surface area contributed by atoms with Crippen LogP contribution in [0.5, 0.6) is 11.5 Å². The second-order valence-corrected chi connectivity index (χ2v) is 6.49. The number of aliphatic carboxylic acids is 1. The van der Waals surface area contributed by atoms with Crippen molar-refractivity contribution in [3.63, 3.8) is 0 Å². The first kappa shape index (κ1) is 27.4. The van der Waals surface area contributed by atoms with Crippen LogP contribution >= 0.6 is 0 Å². The number of nitrogens with two attached hydrogens (primary N) is 1. The van der Waals surface area contributed by atoms with Gasteiger partial charge in [-0.15, -0.1) is 0 Å². The number of rotatable bonds is 7. The molecule has 0 aliphatic carbocycles. The van der Waals surface area contributed by atoms with E-state index in [0.29, 0.717) is 17.9 Å². The summed E-state index contributed by atoms with van der Waals surface area (Å²) in [5.74, 6) is -0.152. The molecule has 0 aliphatic rings. The first-order chi connectivity index (χ1) is 12.9. The highest BCUT2D eigenvalue weighted by Gasteiger charge is 2.07. The fourth-order valence-electron chi connectivity index (χ4n) is 1.37. The van der Waals surface area contributed by atoms with E-state index in [-0.39, 0.29) is 17.9 Å². The van der Waals surface area contributed by atoms with Gasteiger partial charge < -0.3 is 30.4 Å². The molecule has 1 rings (SSSR count). The number of nitrogens with one attached hydrogen (secondary N) is 1. The lowest BCUT2D eigenvalue weighted by molar-refractivity contribution is -0.140. The van der Waals surface area contributed by atoms with E-state index >= 15 is 0 Å². The molecule has 0 bridgehead atoms. The molecule has 0 saturated carbocycles. The summed E-state index contributed by atoms with van der Waals surface area (Å²) in [6.07, 6.45) is 0.569. The van der Waals surface area contributed by atoms with Crippen LogP contribution in [0, 0.1) is 0 Å². The molecule has 9 heteroatoms. The molecular weight excluding hydrogens is 368 g/mol. The Morgan fingerprint density at radius 1 is 1.18 bits per heavy atom. The molecule has 0 heterocycles. The van der Waals surface area contributed by atoms with Crippen molar-refractivity contribution in [3.05, 3.63) is 23.8 Å². The predicted octanol–water partition coefficient (Wildman–Crippen LogP) is 1.37. The molecular formula is C19H32N2O7. The van der Waals surface area contributed by atoms with Crippen LogP contribution in [0.15, 0.2) is 18.2 Å². The zero-order valence-corrected chi connectivity index (χ0v) is 17.6. The number of carboxylic acids is 1. The van der Waals surface area contributed by atoms with E-state index in [1.807, 2.05) is 20.8 Å². The molecule has 0 unspecified atom stereocenters. The predicted molar refractivity (Wildman–Crippen MR) is 106 cm³/mol. The number of amides is 2. The van der Waals surface area contributed by atoms with Crippen LogP contribution in [0.3, 0.4) is 0 Å². The van der Waals surface area contributed by atoms with Gasteiger partial charge in [-0.2, -0.15) is 0 Å². The SMILES string of the molecule is COC(C)(C)C.COc1ccc(CC(N)=O)cc1OC.C[C@H](NC=O)C(=O)O. The highest BCUT2D eigenvalue weighted by molar-refractivity contribution is 5.77. The number of carbonyl (C=O) groups is 3. The van der Waals surface area contributed by atoms with Crippen molar-refractivity contribution in [1.29, 1.82) is 0 Å². The molecule has 0 spiro atoms. The summed E-state index contributed by atoms with van der Waals surface area (Å²) in [5, 5.41) is 10.2. The molecule has 0 fully saturated rings. The van der Waals surface area contributed by atoms with Crippen molar-refractivity contribution in [2.24, 2.45) is 5.73 Å². The van der Waals surface area contributed by atoms with Gasteiger partial charge in [-0.1, -0.05) is 6.07 Å². The minimum Gasteiger partial charge on any atom is -0.493 e. The third-order valence-corrected chi connectivity index (χ3v) is 3.13. The van der Waals surface area contributed by atoms with E-state index in [1.54, 1.807) is 39.5 Å². The van der Waals surface area contributed by atoms with Gasteiger partial charge in [-0.25, -0.2) is 0 Å². The van der Waals surface area contributed by atoms with Gasteiger partial charge in [0.25, 0.3) is 0 Å². The van der Waals surface area contributed by atoms with Crippen LogP contribution < -0.4 is 20.5 Å². The molecule has 4 N–H and O–H groups in total. The Labute approximate surface area is 166 Å². The minimum atomic E-state index is -1.03. The first-order valence-electron chi connectivity index (χ1n) is 8.38. The molecule has 160 valence electrons. The Morgan fingerprint density at radius 2 is 1.68 bits per heavy atom. The van der Waals surface area contributed by atoms with Crippen molar-refractivity contribution in [2.45, 2.75) is 45.8 Å². The van der Waals surface area contributed by atoms with Gasteiger partial charge in [0.15, 0.2) is 11.5 Å². The molecule has 0 radical (unpaired) electrons. The van der Waals surface area contributed by atoms with Crippen molar-refractivity contribution in [2.75, 3.05) is 21.3 Å². The van der Waals surface area contributed by atoms with Crippen LogP contribution in [0.4, 0.5) is 0 Å². The Bertz CT molecular complexity index is 613. The highest BCUT2D eigenvalue weighted by Crippen LogP contribution is 2.27. The maximum absolute atomic E-state index is 10.7. The zero-order chi connectivity index (χ0) is 22.3. The summed E-state index contributed by atoms with van der Waals surface area (Å²) in [6.45, 7) is 7.45. The molecule has 0 saturated heterocycles. The van der Waals surface area contributed by atoms with Gasteiger partial charge >= 0.3 is 5.97 Å². The molecule has 1 aromatic rings. The van der Waals surface area contributed by atoms with Gasteiger partial charge in [-0.05, 0) is 45.4 Å². The summed E-state index contributed by atoms with van der Waals surface area (Å²) >= 11 is 0. The van der Waals surface area contributed by atoms with Crippen molar-refractivity contribution in [3.8, 4) is 11.5 Å². The number of carbonyl (C=O) groups excluding carboxylic acids is 2. The van der Waals surface area contributed by atoms with Gasteiger partial charge in [0.1, 0.15) is 6.04 Å². The van der Waals surface area contributed by atoms with Crippen molar-refractivity contribution < 1.29 is 33.7 Å². The summed E-state index contributed by atoms with van der Waals surface area (Å²) in [7, 11) is 4.82. The molecule has 28 heavy (non-hydrogen) atoms. The van der Waals surface area contributed by atoms with E-state index in [0.717, 1.165) is 5.56 Å². The summed E-state index contributed by atoms with van der Waals surface area (Å²) in [5.41, 5.74) is 5.93. The topological polar surface area (TPSA) is 137 Å². The number of hydrogen-bond acceptors (Lipinski definition) is 6. The average Bonchev–Trinajstić information content (AvgIpc) is 2.61. The summed E-state index contributed by atoms with van der Waals surface area (Å²) in [6, 6.07) is 4.49. The Balaban J connectivity index is 0. The summed E-state index contributed by atoms with van der Waals surface area (Å²) < 4.78 is 15.1. The van der Waals surface area contributed by atoms with Crippen LogP contribution in [0.25, 0.3) is 0 Å². The molecule has 1 atom stereocenters. The van der Waals surface area contributed by atoms with E-state index in [4.69, 9.17) is 25.1 Å². The van der Waals surface area contributed by atoms with Gasteiger partial charge in [0.2, 0.25) is 12.3 Å². The smallest absolute Gasteiger partial charge is 0.325 e. The fraction of sp³-hybridized carbons (Fsp3) is 0.526. The number of carboxylic acid groups (broad SMARTS) is 1. The minimum absolute atomic E-state index is 0.0417. The normalized spacial score (nSPS) is 10.8. The lowest BCUT2D eigenvalue weighted by Gasteiger charge is -2.14. The van der Waals surface area contributed by atoms with E-state index in [9.17, 15) is 14.4 Å². The molecule has 9 nitrogen and oxygen atoms in total. The van der Waals surface area contributed by atoms with E-state index in [2.05, 4.69) is 5.32 Å². The molecule has 1 aromatic carbocycles. The standard InChI is InChI=1S/C10H13NO3.C5H12O.C4H7NO3/c1-13-8-4-3-7(6-10(11)12)5-9(8)14-2;1-5(2,3)6-4;1-3(4(7)8)5-2-6/h3-5H,6H2,1-2H3,(H2,11,12);1-4H3;2-3H,1H3,(H,5,6)(H,7,8)/t;;3-/m..0/s1. The van der Waals surface area contributed by atoms with Gasteiger partial charge in [-0.3, -0.25) is 14.4 Å². The lowest BCUT2D eigenvalue weighted by atomic mass is 10.1. The Kier molecular flexibility index (Phi) is 14.0. The van der Waals surface area contributed by atoms with E-state index in [1.165, 1.54) is 6.92 Å². The maximum atomic E-state index is 10.7. The van der Waals surface area contributed by atoms with Crippen molar-refractivity contribution >= 4 is 18.3 Å². The quantitative estimate of drug-likeness (QED) is 0.588. The Morgan fingerprint density at radius 3 is 1.96 bits per heavy atom. The number of primary amides is 1. The highest BCUT2D eigenvalue weighted by atomic mass is 16.5. The third kappa shape index (κ3) is 14.4. The number of methoxy groups -OCH3 is 3. The monoisotopic (exact) mass is 400 g/mol. The van der Waals surface area contributed by atoms with E-state index < -0.39 is 12.0 Å². The van der Waals surface area contributed by atoms with Crippen LogP contribution in [0.1, 0.15) is 33.3 Å². The van der Waals surface area contributed by atoms with Crippen LogP contribution in [-0.2, 0) is 25.5 Å². The molecule has 2 amide bonds. The number of ether oxygens (including phenoxy) is 3. The lowest BCUT2D eigenvalue weighted by Crippen LogP contribution is -2.32. The first-order valence-corrected chi connectivity index (χ1v) is 8.38. The zero-order valence-electron chi connectivity index (χ0n) is 17.6. The Hall–Kier alpha value is -2.81. The maximum Gasteiger partial charge on any atom is 0.325 e. The molecule has 0 aromatic heterocycles.